The molecule has 0 unspecified atom stereocenters. The van der Waals surface area contributed by atoms with Crippen LogP contribution in [0, 0.1) is 11.3 Å². The fourth-order valence-corrected chi connectivity index (χ4v) is 6.33. The van der Waals surface area contributed by atoms with Gasteiger partial charge in [0, 0.05) is 44.2 Å². The maximum atomic E-state index is 13.5. The topological polar surface area (TPSA) is 108 Å². The Labute approximate surface area is 235 Å². The summed E-state index contributed by atoms with van der Waals surface area (Å²) in [6.07, 6.45) is 2.77. The van der Waals surface area contributed by atoms with Gasteiger partial charge in [0.15, 0.2) is 5.78 Å². The van der Waals surface area contributed by atoms with Crippen LogP contribution in [0.5, 0.6) is 11.5 Å². The number of nitriles is 1. The van der Waals surface area contributed by atoms with Crippen molar-refractivity contribution >= 4 is 5.78 Å². The smallest absolute Gasteiger partial charge is 0.172 e. The van der Waals surface area contributed by atoms with Crippen LogP contribution in [-0.2, 0) is 23.2 Å². The molecule has 0 atom stereocenters. The van der Waals surface area contributed by atoms with Gasteiger partial charge in [0.05, 0.1) is 24.8 Å². The summed E-state index contributed by atoms with van der Waals surface area (Å²) in [5, 5.41) is 38.5. The molecular weight excluding hydrogens is 502 g/mol. The number of Topliss-reactive ketones (excluding diaryl/α,β-unsaturated/α-hetero) is 1. The number of rotatable bonds is 8. The molecule has 206 valence electrons. The molecule has 7 nitrogen and oxygen atoms in total. The minimum Gasteiger partial charge on any atom is -0.508 e. The number of nitrogens with zero attached hydrogens (tertiary/aromatic N) is 3. The second-order valence-electron chi connectivity index (χ2n) is 10.9. The Morgan fingerprint density at radius 1 is 0.975 bits per heavy atom. The first-order valence-electron chi connectivity index (χ1n) is 13.8. The summed E-state index contributed by atoms with van der Waals surface area (Å²) in [6.45, 7) is 7.47. The summed E-state index contributed by atoms with van der Waals surface area (Å²) in [5.74, 6) is -0.140. The third-order valence-electron chi connectivity index (χ3n) is 8.40. The molecule has 7 heteroatoms. The van der Waals surface area contributed by atoms with Crippen molar-refractivity contribution in [1.29, 1.82) is 5.26 Å². The zero-order valence-electron chi connectivity index (χ0n) is 22.6. The molecule has 0 aliphatic carbocycles. The first-order chi connectivity index (χ1) is 19.3. The zero-order chi connectivity index (χ0) is 28.3. The number of β-amino-alcohol motifs (C(OH)–C–C–N with tert-alkyl or cyclic N) is 1. The number of phenols is 2. The summed E-state index contributed by atoms with van der Waals surface area (Å²) < 4.78 is 0. The molecule has 1 fully saturated rings. The van der Waals surface area contributed by atoms with Crippen molar-refractivity contribution in [2.24, 2.45) is 0 Å². The number of ketones is 1. The number of carbonyl (C=O) groups is 1. The highest BCUT2D eigenvalue weighted by molar-refractivity contribution is 5.96. The van der Waals surface area contributed by atoms with E-state index in [0.717, 1.165) is 50.0 Å². The Balaban J connectivity index is 1.41. The second-order valence-corrected chi connectivity index (χ2v) is 10.9. The number of hydrogen-bond donors (Lipinski definition) is 3. The van der Waals surface area contributed by atoms with Crippen molar-refractivity contribution in [2.45, 2.75) is 31.2 Å². The number of phenolic OH excluding ortho intramolecular Hbond substituents is 2. The summed E-state index contributed by atoms with van der Waals surface area (Å²) >= 11 is 0. The van der Waals surface area contributed by atoms with Gasteiger partial charge in [0.25, 0.3) is 0 Å². The van der Waals surface area contributed by atoms with Crippen molar-refractivity contribution in [3.63, 3.8) is 0 Å². The standard InChI is InChI=1S/C33H35N3O4/c1-23(15-25-17-29(38)20-30(39)18-25)32(40)22-36-10-7-28-19-27(26-4-2-3-24(16-26)21-34)5-6-31(28)33(36)8-11-35(12-9-33)13-14-37/h2-6,16-20,37-39H,1,7-15,22H2. The van der Waals surface area contributed by atoms with Crippen LogP contribution < -0.4 is 0 Å². The van der Waals surface area contributed by atoms with Crippen LogP contribution in [0.25, 0.3) is 11.1 Å². The average Bonchev–Trinajstić information content (AvgIpc) is 2.95. The van der Waals surface area contributed by atoms with Gasteiger partial charge in [-0.3, -0.25) is 9.69 Å². The van der Waals surface area contributed by atoms with Crippen LogP contribution in [0.15, 0.2) is 72.8 Å². The van der Waals surface area contributed by atoms with E-state index in [4.69, 9.17) is 0 Å². The number of fused-ring (bicyclic) bond motifs is 2. The molecule has 1 saturated heterocycles. The summed E-state index contributed by atoms with van der Waals surface area (Å²) in [5.41, 5.74) is 6.03. The van der Waals surface area contributed by atoms with Gasteiger partial charge in [-0.15, -0.1) is 0 Å². The van der Waals surface area contributed by atoms with Crippen molar-refractivity contribution in [2.75, 3.05) is 39.3 Å². The lowest BCUT2D eigenvalue weighted by Crippen LogP contribution is -2.57. The quantitative estimate of drug-likeness (QED) is 0.371. The van der Waals surface area contributed by atoms with Gasteiger partial charge in [-0.1, -0.05) is 36.9 Å². The van der Waals surface area contributed by atoms with E-state index >= 15 is 0 Å². The van der Waals surface area contributed by atoms with E-state index in [2.05, 4.69) is 40.6 Å². The monoisotopic (exact) mass is 537 g/mol. The van der Waals surface area contributed by atoms with Crippen LogP contribution >= 0.6 is 0 Å². The number of piperidine rings is 1. The Morgan fingerprint density at radius 2 is 1.70 bits per heavy atom. The lowest BCUT2D eigenvalue weighted by Gasteiger charge is -2.52. The van der Waals surface area contributed by atoms with E-state index in [1.165, 1.54) is 29.3 Å². The predicted molar refractivity (Wildman–Crippen MR) is 154 cm³/mol. The van der Waals surface area contributed by atoms with E-state index < -0.39 is 0 Å². The molecule has 40 heavy (non-hydrogen) atoms. The van der Waals surface area contributed by atoms with Crippen molar-refractivity contribution < 1.29 is 20.1 Å². The van der Waals surface area contributed by atoms with Crippen LogP contribution in [0.1, 0.15) is 35.1 Å². The van der Waals surface area contributed by atoms with E-state index in [1.807, 2.05) is 24.3 Å². The molecule has 0 aromatic heterocycles. The van der Waals surface area contributed by atoms with E-state index in [1.54, 1.807) is 0 Å². The molecule has 2 aliphatic rings. The van der Waals surface area contributed by atoms with Crippen molar-refractivity contribution in [3.8, 4) is 28.7 Å². The molecule has 0 bridgehead atoms. The third kappa shape index (κ3) is 5.66. The van der Waals surface area contributed by atoms with E-state index in [9.17, 15) is 25.4 Å². The molecule has 0 radical (unpaired) electrons. The largest absolute Gasteiger partial charge is 0.508 e. The Morgan fingerprint density at radius 3 is 2.40 bits per heavy atom. The minimum absolute atomic E-state index is 0.0461. The number of carbonyl (C=O) groups excluding carboxylic acids is 1. The molecule has 2 heterocycles. The predicted octanol–water partition coefficient (Wildman–Crippen LogP) is 4.15. The Bertz CT molecular complexity index is 1450. The number of aromatic hydroxyl groups is 2. The maximum absolute atomic E-state index is 13.5. The van der Waals surface area contributed by atoms with Crippen LogP contribution in [0.2, 0.25) is 0 Å². The second kappa shape index (κ2) is 11.6. The fraction of sp³-hybridized carbons (Fsp3) is 0.333. The number of aliphatic hydroxyl groups excluding tert-OH is 1. The lowest BCUT2D eigenvalue weighted by atomic mass is 9.73. The van der Waals surface area contributed by atoms with Gasteiger partial charge < -0.3 is 20.2 Å². The Hall–Kier alpha value is -3.96. The van der Waals surface area contributed by atoms with Gasteiger partial charge in [0.2, 0.25) is 0 Å². The molecule has 0 amide bonds. The van der Waals surface area contributed by atoms with E-state index in [-0.39, 0.29) is 42.4 Å². The fourth-order valence-electron chi connectivity index (χ4n) is 6.33. The average molecular weight is 538 g/mol. The van der Waals surface area contributed by atoms with Gasteiger partial charge in [-0.2, -0.15) is 5.26 Å². The van der Waals surface area contributed by atoms with Gasteiger partial charge >= 0.3 is 0 Å². The Kier molecular flexibility index (Phi) is 8.04. The number of likely N-dealkylation sites (tertiary alicyclic amines) is 1. The van der Waals surface area contributed by atoms with Gasteiger partial charge in [-0.25, -0.2) is 0 Å². The number of hydrogen-bond acceptors (Lipinski definition) is 7. The van der Waals surface area contributed by atoms with Gasteiger partial charge in [-0.05, 0) is 76.9 Å². The molecule has 3 aromatic carbocycles. The molecule has 1 spiro atoms. The molecule has 2 aliphatic heterocycles. The normalized spacial score (nSPS) is 16.8. The van der Waals surface area contributed by atoms with Crippen LogP contribution in [0.4, 0.5) is 0 Å². The maximum Gasteiger partial charge on any atom is 0.172 e. The van der Waals surface area contributed by atoms with E-state index in [0.29, 0.717) is 23.2 Å². The molecule has 0 saturated carbocycles. The van der Waals surface area contributed by atoms with Gasteiger partial charge in [0.1, 0.15) is 11.5 Å². The highest BCUT2D eigenvalue weighted by Crippen LogP contribution is 2.44. The van der Waals surface area contributed by atoms with Crippen LogP contribution in [-0.4, -0.2) is 70.2 Å². The molecular formula is C33H35N3O4. The summed E-state index contributed by atoms with van der Waals surface area (Å²) in [7, 11) is 0. The molecule has 3 N–H and O–H groups in total. The minimum atomic E-state index is -0.300. The summed E-state index contributed by atoms with van der Waals surface area (Å²) in [4.78, 5) is 18.0. The highest BCUT2D eigenvalue weighted by atomic mass is 16.3. The highest BCUT2D eigenvalue weighted by Gasteiger charge is 2.45. The zero-order valence-corrected chi connectivity index (χ0v) is 22.6. The number of aliphatic hydroxyl groups is 1. The third-order valence-corrected chi connectivity index (χ3v) is 8.40. The summed E-state index contributed by atoms with van der Waals surface area (Å²) in [6, 6.07) is 20.8. The van der Waals surface area contributed by atoms with Crippen LogP contribution in [0.3, 0.4) is 0 Å². The SMILES string of the molecule is C=C(Cc1cc(O)cc(O)c1)C(=O)CN1CCc2cc(-c3cccc(C#N)c3)ccc2C12CCN(CCO)CC2. The number of benzene rings is 3. The first kappa shape index (κ1) is 27.6. The first-order valence-corrected chi connectivity index (χ1v) is 13.8. The van der Waals surface area contributed by atoms with Crippen molar-refractivity contribution in [1.82, 2.24) is 9.80 Å². The van der Waals surface area contributed by atoms with Crippen molar-refractivity contribution in [3.05, 3.63) is 95.1 Å². The molecule has 5 rings (SSSR count). The lowest BCUT2D eigenvalue weighted by molar-refractivity contribution is -0.119. The molecule has 3 aromatic rings.